The Morgan fingerprint density at radius 2 is 2.04 bits per heavy atom. The van der Waals surface area contributed by atoms with Crippen molar-refractivity contribution in [2.45, 2.75) is 13.8 Å². The molecule has 0 saturated carbocycles. The highest BCUT2D eigenvalue weighted by Gasteiger charge is 2.09. The second-order valence-electron chi connectivity index (χ2n) is 5.41. The summed E-state index contributed by atoms with van der Waals surface area (Å²) in [5.41, 5.74) is 2.96. The SMILES string of the molecule is CCOCCOc1ccc2c(C)cc(-c3nccn3C)nc2c1. The first-order valence-electron chi connectivity index (χ1n) is 7.78. The molecule has 0 bridgehead atoms. The van der Waals surface area contributed by atoms with E-state index in [0.717, 1.165) is 28.2 Å². The predicted molar refractivity (Wildman–Crippen MR) is 90.7 cm³/mol. The number of nitrogens with zero attached hydrogens (tertiary/aromatic N) is 3. The fraction of sp³-hybridized carbons (Fsp3) is 0.333. The third kappa shape index (κ3) is 3.35. The van der Waals surface area contributed by atoms with Crippen LogP contribution in [0.3, 0.4) is 0 Å². The number of aryl methyl sites for hydroxylation is 2. The molecule has 0 aliphatic heterocycles. The second kappa shape index (κ2) is 6.79. The van der Waals surface area contributed by atoms with Crippen LogP contribution < -0.4 is 4.74 Å². The molecule has 0 saturated heterocycles. The van der Waals surface area contributed by atoms with Gasteiger partial charge in [0.2, 0.25) is 0 Å². The fourth-order valence-corrected chi connectivity index (χ4v) is 2.56. The molecule has 0 atom stereocenters. The molecule has 0 fully saturated rings. The van der Waals surface area contributed by atoms with E-state index in [-0.39, 0.29) is 0 Å². The van der Waals surface area contributed by atoms with Gasteiger partial charge in [0.15, 0.2) is 5.82 Å². The molecule has 1 aromatic carbocycles. The van der Waals surface area contributed by atoms with Crippen LogP contribution >= 0.6 is 0 Å². The molecule has 0 spiro atoms. The van der Waals surface area contributed by atoms with Crippen LogP contribution in [0.4, 0.5) is 0 Å². The van der Waals surface area contributed by atoms with E-state index in [4.69, 9.17) is 14.5 Å². The smallest absolute Gasteiger partial charge is 0.158 e. The Balaban J connectivity index is 1.92. The minimum atomic E-state index is 0.539. The molecule has 5 nitrogen and oxygen atoms in total. The molecule has 3 rings (SSSR count). The number of fused-ring (bicyclic) bond motifs is 1. The van der Waals surface area contributed by atoms with Gasteiger partial charge in [0.05, 0.1) is 12.1 Å². The molecular formula is C18H21N3O2. The minimum Gasteiger partial charge on any atom is -0.491 e. The van der Waals surface area contributed by atoms with E-state index >= 15 is 0 Å². The summed E-state index contributed by atoms with van der Waals surface area (Å²) in [5, 5.41) is 1.13. The van der Waals surface area contributed by atoms with Gasteiger partial charge in [-0.25, -0.2) is 9.97 Å². The van der Waals surface area contributed by atoms with Crippen LogP contribution in [0.15, 0.2) is 36.7 Å². The van der Waals surface area contributed by atoms with Crippen LogP contribution in [-0.2, 0) is 11.8 Å². The predicted octanol–water partition coefficient (Wildman–Crippen LogP) is 3.36. The van der Waals surface area contributed by atoms with Gasteiger partial charge < -0.3 is 14.0 Å². The number of ether oxygens (including phenoxy) is 2. The highest BCUT2D eigenvalue weighted by atomic mass is 16.5. The summed E-state index contributed by atoms with van der Waals surface area (Å²) in [6.07, 6.45) is 3.70. The van der Waals surface area contributed by atoms with E-state index in [0.29, 0.717) is 19.8 Å². The van der Waals surface area contributed by atoms with Gasteiger partial charge >= 0.3 is 0 Å². The minimum absolute atomic E-state index is 0.539. The largest absolute Gasteiger partial charge is 0.491 e. The van der Waals surface area contributed by atoms with E-state index in [2.05, 4.69) is 24.0 Å². The number of pyridine rings is 1. The van der Waals surface area contributed by atoms with E-state index in [9.17, 15) is 0 Å². The zero-order valence-corrected chi connectivity index (χ0v) is 13.7. The third-order valence-corrected chi connectivity index (χ3v) is 3.74. The van der Waals surface area contributed by atoms with Gasteiger partial charge in [-0.15, -0.1) is 0 Å². The van der Waals surface area contributed by atoms with Gasteiger partial charge in [-0.05, 0) is 37.6 Å². The van der Waals surface area contributed by atoms with Crippen LogP contribution in [0, 0.1) is 6.92 Å². The first-order chi connectivity index (χ1) is 11.2. The number of benzene rings is 1. The highest BCUT2D eigenvalue weighted by Crippen LogP contribution is 2.26. The van der Waals surface area contributed by atoms with Crippen molar-refractivity contribution < 1.29 is 9.47 Å². The summed E-state index contributed by atoms with van der Waals surface area (Å²) in [4.78, 5) is 9.13. The number of aromatic nitrogens is 3. The van der Waals surface area contributed by atoms with Crippen molar-refractivity contribution in [2.75, 3.05) is 19.8 Å². The summed E-state index contributed by atoms with van der Waals surface area (Å²) in [6, 6.07) is 8.07. The van der Waals surface area contributed by atoms with Crippen molar-refractivity contribution >= 4 is 10.9 Å². The summed E-state index contributed by atoms with van der Waals surface area (Å²) in [5.74, 6) is 1.67. The maximum absolute atomic E-state index is 5.72. The van der Waals surface area contributed by atoms with E-state index in [1.54, 1.807) is 6.20 Å². The van der Waals surface area contributed by atoms with Crippen molar-refractivity contribution in [3.8, 4) is 17.3 Å². The first-order valence-corrected chi connectivity index (χ1v) is 7.78. The normalized spacial score (nSPS) is 11.1. The molecule has 0 radical (unpaired) electrons. The Kier molecular flexibility index (Phi) is 4.57. The summed E-state index contributed by atoms with van der Waals surface area (Å²) < 4.78 is 13.0. The zero-order valence-electron chi connectivity index (χ0n) is 13.7. The lowest BCUT2D eigenvalue weighted by Crippen LogP contribution is -2.06. The molecule has 120 valence electrons. The van der Waals surface area contributed by atoms with Crippen molar-refractivity contribution in [2.24, 2.45) is 7.05 Å². The Morgan fingerprint density at radius 3 is 2.78 bits per heavy atom. The van der Waals surface area contributed by atoms with Crippen molar-refractivity contribution in [3.63, 3.8) is 0 Å². The number of rotatable bonds is 6. The monoisotopic (exact) mass is 311 g/mol. The maximum Gasteiger partial charge on any atom is 0.158 e. The Labute approximate surface area is 135 Å². The average molecular weight is 311 g/mol. The molecule has 3 aromatic rings. The number of hydrogen-bond acceptors (Lipinski definition) is 4. The number of imidazole rings is 1. The first kappa shape index (κ1) is 15.5. The zero-order chi connectivity index (χ0) is 16.2. The highest BCUT2D eigenvalue weighted by molar-refractivity contribution is 5.85. The van der Waals surface area contributed by atoms with Crippen LogP contribution in [0.5, 0.6) is 5.75 Å². The van der Waals surface area contributed by atoms with Gasteiger partial charge in [-0.1, -0.05) is 0 Å². The molecule has 23 heavy (non-hydrogen) atoms. The van der Waals surface area contributed by atoms with Crippen LogP contribution in [0.25, 0.3) is 22.4 Å². The standard InChI is InChI=1S/C18H21N3O2/c1-4-22-9-10-23-14-5-6-15-13(2)11-17(20-16(15)12-14)18-19-7-8-21(18)3/h5-8,11-12H,4,9-10H2,1-3H3. The summed E-state index contributed by atoms with van der Waals surface area (Å²) >= 11 is 0. The van der Waals surface area contributed by atoms with Crippen LogP contribution in [0.2, 0.25) is 0 Å². The lowest BCUT2D eigenvalue weighted by Gasteiger charge is -2.10. The third-order valence-electron chi connectivity index (χ3n) is 3.74. The van der Waals surface area contributed by atoms with Crippen LogP contribution in [0.1, 0.15) is 12.5 Å². The molecule has 0 amide bonds. The molecule has 0 aliphatic rings. The average Bonchev–Trinajstić information content (AvgIpc) is 2.97. The maximum atomic E-state index is 5.72. The lowest BCUT2D eigenvalue weighted by molar-refractivity contribution is 0.110. The van der Waals surface area contributed by atoms with Gasteiger partial charge in [0.25, 0.3) is 0 Å². The molecule has 2 heterocycles. The van der Waals surface area contributed by atoms with E-state index < -0.39 is 0 Å². The Morgan fingerprint density at radius 1 is 1.17 bits per heavy atom. The molecule has 0 aliphatic carbocycles. The van der Waals surface area contributed by atoms with Gasteiger partial charge in [0.1, 0.15) is 18.1 Å². The number of hydrogen-bond donors (Lipinski definition) is 0. The molecular weight excluding hydrogens is 290 g/mol. The molecule has 5 heteroatoms. The van der Waals surface area contributed by atoms with Crippen molar-refractivity contribution in [3.05, 3.63) is 42.2 Å². The van der Waals surface area contributed by atoms with Gasteiger partial charge in [-0.2, -0.15) is 0 Å². The summed E-state index contributed by atoms with van der Waals surface area (Å²) in [7, 11) is 1.97. The fourth-order valence-electron chi connectivity index (χ4n) is 2.56. The lowest BCUT2D eigenvalue weighted by atomic mass is 10.1. The topological polar surface area (TPSA) is 49.2 Å². The van der Waals surface area contributed by atoms with Gasteiger partial charge in [0, 0.05) is 37.5 Å². The Hall–Kier alpha value is -2.40. The molecule has 0 N–H and O–H groups in total. The quantitative estimate of drug-likeness (QED) is 0.655. The van der Waals surface area contributed by atoms with E-state index in [1.807, 2.05) is 36.9 Å². The van der Waals surface area contributed by atoms with E-state index in [1.165, 1.54) is 5.56 Å². The van der Waals surface area contributed by atoms with Crippen molar-refractivity contribution in [1.29, 1.82) is 0 Å². The summed E-state index contributed by atoms with van der Waals surface area (Å²) in [6.45, 7) is 5.90. The molecule has 0 unspecified atom stereocenters. The van der Waals surface area contributed by atoms with Crippen LogP contribution in [-0.4, -0.2) is 34.4 Å². The van der Waals surface area contributed by atoms with Crippen molar-refractivity contribution in [1.82, 2.24) is 14.5 Å². The molecule has 2 aromatic heterocycles. The Bertz CT molecular complexity index is 811. The second-order valence-corrected chi connectivity index (χ2v) is 5.41. The van der Waals surface area contributed by atoms with Gasteiger partial charge in [-0.3, -0.25) is 0 Å².